The minimum atomic E-state index is -4.15. The van der Waals surface area contributed by atoms with E-state index >= 15 is 0 Å². The number of carbonyl (C=O) groups is 1. The van der Waals surface area contributed by atoms with Crippen LogP contribution in [0.5, 0.6) is 0 Å². The van der Waals surface area contributed by atoms with Crippen molar-refractivity contribution in [2.75, 3.05) is 13.1 Å². The van der Waals surface area contributed by atoms with E-state index in [0.717, 1.165) is 0 Å². The molecule has 2 nitrogen and oxygen atoms in total. The first kappa shape index (κ1) is 9.35. The number of alkyl halides is 3. The third-order valence-electron chi connectivity index (χ3n) is 2.10. The lowest BCUT2D eigenvalue weighted by atomic mass is 10.1. The number of hydrogen-bond donors (Lipinski definition) is 0. The predicted octanol–water partition coefficient (Wildman–Crippen LogP) is 1.42. The van der Waals surface area contributed by atoms with Gasteiger partial charge in [-0.15, -0.1) is 0 Å². The smallest absolute Gasteiger partial charge is 0.342 e. The number of carbonyl (C=O) groups excluding carboxylic acids is 1. The molecule has 1 amide bonds. The van der Waals surface area contributed by atoms with Crippen LogP contribution in [-0.2, 0) is 4.79 Å². The standard InChI is InChI=1S/C7H10F3NO/c1-5(12)11-3-2-6(4-11)7(8,9)10/h6H,2-4H2,1H3. The maximum atomic E-state index is 12.1. The van der Waals surface area contributed by atoms with Crippen molar-refractivity contribution in [2.24, 2.45) is 5.92 Å². The topological polar surface area (TPSA) is 20.3 Å². The number of amides is 1. The first-order valence-electron chi connectivity index (χ1n) is 3.73. The van der Waals surface area contributed by atoms with Crippen molar-refractivity contribution in [1.29, 1.82) is 0 Å². The van der Waals surface area contributed by atoms with Gasteiger partial charge in [-0.1, -0.05) is 0 Å². The third-order valence-corrected chi connectivity index (χ3v) is 2.10. The van der Waals surface area contributed by atoms with E-state index in [4.69, 9.17) is 0 Å². The second-order valence-electron chi connectivity index (χ2n) is 2.99. The molecule has 12 heavy (non-hydrogen) atoms. The number of likely N-dealkylation sites (tertiary alicyclic amines) is 1. The Bertz CT molecular complexity index is 190. The van der Waals surface area contributed by atoms with E-state index in [1.807, 2.05) is 0 Å². The maximum absolute atomic E-state index is 12.1. The van der Waals surface area contributed by atoms with Crippen LogP contribution < -0.4 is 0 Å². The summed E-state index contributed by atoms with van der Waals surface area (Å²) < 4.78 is 36.2. The zero-order valence-corrected chi connectivity index (χ0v) is 6.69. The molecule has 0 aromatic carbocycles. The summed E-state index contributed by atoms with van der Waals surface area (Å²) in [5.74, 6) is -1.59. The Balaban J connectivity index is 2.51. The van der Waals surface area contributed by atoms with Crippen LogP contribution in [-0.4, -0.2) is 30.1 Å². The van der Waals surface area contributed by atoms with Crippen molar-refractivity contribution in [3.8, 4) is 0 Å². The minimum Gasteiger partial charge on any atom is -0.342 e. The fourth-order valence-corrected chi connectivity index (χ4v) is 1.31. The van der Waals surface area contributed by atoms with E-state index in [2.05, 4.69) is 0 Å². The molecule has 0 saturated carbocycles. The normalized spacial score (nSPS) is 24.7. The Morgan fingerprint density at radius 1 is 1.50 bits per heavy atom. The zero-order chi connectivity index (χ0) is 9.35. The summed E-state index contributed by atoms with van der Waals surface area (Å²) >= 11 is 0. The van der Waals surface area contributed by atoms with Crippen molar-refractivity contribution in [3.05, 3.63) is 0 Å². The van der Waals surface area contributed by atoms with E-state index in [9.17, 15) is 18.0 Å². The van der Waals surface area contributed by atoms with E-state index in [1.54, 1.807) is 0 Å². The zero-order valence-electron chi connectivity index (χ0n) is 6.69. The Morgan fingerprint density at radius 2 is 2.08 bits per heavy atom. The summed E-state index contributed by atoms with van der Waals surface area (Å²) in [5.41, 5.74) is 0. The summed E-state index contributed by atoms with van der Waals surface area (Å²) in [6, 6.07) is 0. The van der Waals surface area contributed by atoms with Crippen LogP contribution in [0, 0.1) is 5.92 Å². The van der Waals surface area contributed by atoms with E-state index < -0.39 is 12.1 Å². The van der Waals surface area contributed by atoms with E-state index in [1.165, 1.54) is 11.8 Å². The molecule has 1 heterocycles. The SMILES string of the molecule is CC(=O)N1CCC(C(F)(F)F)C1. The lowest BCUT2D eigenvalue weighted by Gasteiger charge is -2.15. The fraction of sp³-hybridized carbons (Fsp3) is 0.857. The second-order valence-corrected chi connectivity index (χ2v) is 2.99. The highest BCUT2D eigenvalue weighted by Gasteiger charge is 2.43. The summed E-state index contributed by atoms with van der Waals surface area (Å²) in [4.78, 5) is 11.9. The molecule has 1 saturated heterocycles. The van der Waals surface area contributed by atoms with Crippen molar-refractivity contribution >= 4 is 5.91 Å². The molecule has 0 N–H and O–H groups in total. The number of rotatable bonds is 0. The molecule has 0 aromatic rings. The van der Waals surface area contributed by atoms with Gasteiger partial charge in [0.2, 0.25) is 5.91 Å². The Morgan fingerprint density at radius 3 is 2.33 bits per heavy atom. The molecule has 0 aliphatic carbocycles. The Hall–Kier alpha value is -0.740. The molecule has 1 atom stereocenters. The van der Waals surface area contributed by atoms with Gasteiger partial charge in [-0.25, -0.2) is 0 Å². The van der Waals surface area contributed by atoms with Gasteiger partial charge in [0.1, 0.15) is 0 Å². The predicted molar refractivity (Wildman–Crippen MR) is 36.4 cm³/mol. The molecule has 1 aliphatic heterocycles. The van der Waals surface area contributed by atoms with Gasteiger partial charge in [0.25, 0.3) is 0 Å². The fourth-order valence-electron chi connectivity index (χ4n) is 1.31. The van der Waals surface area contributed by atoms with Crippen LogP contribution in [0.4, 0.5) is 13.2 Å². The lowest BCUT2D eigenvalue weighted by molar-refractivity contribution is -0.170. The molecule has 0 aromatic heterocycles. The average Bonchev–Trinajstić information content (AvgIpc) is 2.30. The van der Waals surface area contributed by atoms with E-state index in [-0.39, 0.29) is 25.4 Å². The van der Waals surface area contributed by atoms with Gasteiger partial charge in [0, 0.05) is 20.0 Å². The summed E-state index contributed by atoms with van der Waals surface area (Å²) in [6.07, 6.45) is -4.10. The molecular weight excluding hydrogens is 171 g/mol. The second kappa shape index (κ2) is 2.95. The largest absolute Gasteiger partial charge is 0.393 e. The Labute approximate surface area is 68.3 Å². The molecule has 1 aliphatic rings. The highest BCUT2D eigenvalue weighted by atomic mass is 19.4. The molecular formula is C7H10F3NO. The molecule has 5 heteroatoms. The number of halogens is 3. The van der Waals surface area contributed by atoms with E-state index in [0.29, 0.717) is 0 Å². The van der Waals surface area contributed by atoms with Crippen LogP contribution in [0.25, 0.3) is 0 Å². The molecule has 0 radical (unpaired) electrons. The molecule has 1 unspecified atom stereocenters. The van der Waals surface area contributed by atoms with Crippen molar-refractivity contribution < 1.29 is 18.0 Å². The molecule has 1 rings (SSSR count). The van der Waals surface area contributed by atoms with Gasteiger partial charge < -0.3 is 4.90 Å². The lowest BCUT2D eigenvalue weighted by Crippen LogP contribution is -2.30. The molecule has 1 fully saturated rings. The summed E-state index contributed by atoms with van der Waals surface area (Å²) in [7, 11) is 0. The molecule has 0 spiro atoms. The van der Waals surface area contributed by atoms with Crippen LogP contribution in [0.2, 0.25) is 0 Å². The summed E-state index contributed by atoms with van der Waals surface area (Å²) in [6.45, 7) is 1.36. The average molecular weight is 181 g/mol. The van der Waals surface area contributed by atoms with Crippen LogP contribution in [0.3, 0.4) is 0 Å². The van der Waals surface area contributed by atoms with Gasteiger partial charge in [-0.3, -0.25) is 4.79 Å². The molecule has 0 bridgehead atoms. The van der Waals surface area contributed by atoms with Gasteiger partial charge in [0.05, 0.1) is 5.92 Å². The third kappa shape index (κ3) is 1.89. The summed E-state index contributed by atoms with van der Waals surface area (Å²) in [5, 5.41) is 0. The van der Waals surface area contributed by atoms with Crippen LogP contribution >= 0.6 is 0 Å². The van der Waals surface area contributed by atoms with Crippen molar-refractivity contribution in [1.82, 2.24) is 4.90 Å². The first-order chi connectivity index (χ1) is 5.41. The molecule has 70 valence electrons. The van der Waals surface area contributed by atoms with Crippen LogP contribution in [0.15, 0.2) is 0 Å². The van der Waals surface area contributed by atoms with Crippen LogP contribution in [0.1, 0.15) is 13.3 Å². The first-order valence-corrected chi connectivity index (χ1v) is 3.73. The van der Waals surface area contributed by atoms with Gasteiger partial charge in [-0.05, 0) is 6.42 Å². The monoisotopic (exact) mass is 181 g/mol. The van der Waals surface area contributed by atoms with Gasteiger partial charge in [0.15, 0.2) is 0 Å². The van der Waals surface area contributed by atoms with Gasteiger partial charge >= 0.3 is 6.18 Å². The highest BCUT2D eigenvalue weighted by molar-refractivity contribution is 5.73. The maximum Gasteiger partial charge on any atom is 0.393 e. The Kier molecular flexibility index (Phi) is 2.30. The number of hydrogen-bond acceptors (Lipinski definition) is 1. The number of nitrogens with zero attached hydrogens (tertiary/aromatic N) is 1. The van der Waals surface area contributed by atoms with Gasteiger partial charge in [-0.2, -0.15) is 13.2 Å². The highest BCUT2D eigenvalue weighted by Crippen LogP contribution is 2.33. The quantitative estimate of drug-likeness (QED) is 0.553. The van der Waals surface area contributed by atoms with Crippen molar-refractivity contribution in [2.45, 2.75) is 19.5 Å². The minimum absolute atomic E-state index is 0.0447. The van der Waals surface area contributed by atoms with Crippen molar-refractivity contribution in [3.63, 3.8) is 0 Å².